The molecular formula is C29H50O4S. The van der Waals surface area contributed by atoms with Crippen LogP contribution in [0.1, 0.15) is 106 Å². The Bertz CT molecular complexity index is 850. The first-order valence-electron chi connectivity index (χ1n) is 14.2. The molecule has 5 heteroatoms. The van der Waals surface area contributed by atoms with Crippen LogP contribution < -0.4 is 0 Å². The van der Waals surface area contributed by atoms with E-state index < -0.39 is 16.5 Å². The van der Waals surface area contributed by atoms with Crippen molar-refractivity contribution in [3.63, 3.8) is 0 Å². The third-order valence-electron chi connectivity index (χ3n) is 11.6. The zero-order chi connectivity index (χ0) is 24.9. The van der Waals surface area contributed by atoms with Crippen molar-refractivity contribution in [2.75, 3.05) is 0 Å². The van der Waals surface area contributed by atoms with E-state index in [1.54, 1.807) is 0 Å². The van der Waals surface area contributed by atoms with Crippen molar-refractivity contribution < 1.29 is 17.2 Å². The lowest BCUT2D eigenvalue weighted by molar-refractivity contribution is -0.0787. The van der Waals surface area contributed by atoms with Crippen molar-refractivity contribution >= 4 is 10.4 Å². The normalized spacial score (nSPS) is 43.8. The number of hydrogen-bond acceptors (Lipinski definition) is 3. The molecule has 0 aromatic carbocycles. The van der Waals surface area contributed by atoms with Gasteiger partial charge in [0.25, 0.3) is 0 Å². The summed E-state index contributed by atoms with van der Waals surface area (Å²) in [6.07, 6.45) is 16.4. The lowest BCUT2D eigenvalue weighted by Gasteiger charge is -2.59. The molecule has 0 heterocycles. The van der Waals surface area contributed by atoms with Crippen molar-refractivity contribution in [3.05, 3.63) is 12.2 Å². The fraction of sp³-hybridized carbons (Fsp3) is 0.931. The van der Waals surface area contributed by atoms with E-state index in [1.807, 2.05) is 0 Å². The minimum atomic E-state index is -4.38. The van der Waals surface area contributed by atoms with Crippen molar-refractivity contribution in [3.8, 4) is 0 Å². The molecule has 196 valence electrons. The van der Waals surface area contributed by atoms with Gasteiger partial charge in [0, 0.05) is 0 Å². The molecule has 10 atom stereocenters. The highest BCUT2D eigenvalue weighted by atomic mass is 32.3. The van der Waals surface area contributed by atoms with E-state index in [2.05, 4.69) is 53.7 Å². The second-order valence-electron chi connectivity index (χ2n) is 13.4. The molecule has 4 aliphatic carbocycles. The Balaban J connectivity index is 1.46. The van der Waals surface area contributed by atoms with Crippen molar-refractivity contribution in [2.24, 2.45) is 58.2 Å². The van der Waals surface area contributed by atoms with Crippen LogP contribution in [0.2, 0.25) is 0 Å². The fourth-order valence-electron chi connectivity index (χ4n) is 9.50. The molecule has 0 aromatic heterocycles. The summed E-state index contributed by atoms with van der Waals surface area (Å²) in [5, 5.41) is 0. The van der Waals surface area contributed by atoms with Gasteiger partial charge in [-0.1, -0.05) is 66.5 Å². The van der Waals surface area contributed by atoms with E-state index >= 15 is 0 Å². The lowest BCUT2D eigenvalue weighted by Crippen LogP contribution is -2.52. The molecule has 4 rings (SSSR count). The Hall–Kier alpha value is -0.390. The monoisotopic (exact) mass is 494 g/mol. The summed E-state index contributed by atoms with van der Waals surface area (Å²) in [5.41, 5.74) is 0.675. The third-order valence-corrected chi connectivity index (χ3v) is 12.1. The summed E-state index contributed by atoms with van der Waals surface area (Å²) in [6, 6.07) is 0. The van der Waals surface area contributed by atoms with Gasteiger partial charge in [-0.25, -0.2) is 4.18 Å². The summed E-state index contributed by atoms with van der Waals surface area (Å²) in [4.78, 5) is 0. The maximum Gasteiger partial charge on any atom is 0.397 e. The Labute approximate surface area is 209 Å². The average Bonchev–Trinajstić information content (AvgIpc) is 3.10. The van der Waals surface area contributed by atoms with E-state index in [0.717, 1.165) is 42.4 Å². The quantitative estimate of drug-likeness (QED) is 0.277. The lowest BCUT2D eigenvalue weighted by atomic mass is 9.46. The minimum Gasteiger partial charge on any atom is -0.264 e. The van der Waals surface area contributed by atoms with Gasteiger partial charge in [0.15, 0.2) is 0 Å². The van der Waals surface area contributed by atoms with Crippen molar-refractivity contribution in [2.45, 2.75) is 112 Å². The topological polar surface area (TPSA) is 63.6 Å². The molecule has 10 unspecified atom stereocenters. The van der Waals surface area contributed by atoms with E-state index in [0.29, 0.717) is 29.6 Å². The standard InChI is InChI=1S/C29H50O4S/c1-7-21(19(2)3)9-8-20(4)25-12-13-26-24-11-10-22-18-23(33-34(30,31)32)14-16-28(22,5)27(24)15-17-29(25,26)6/h10-11,19-27H,7-9,12-18H2,1-6H3,(H,30,31,32). The van der Waals surface area contributed by atoms with Crippen LogP contribution in [-0.4, -0.2) is 19.1 Å². The number of allylic oxidation sites excluding steroid dienone is 2. The first-order chi connectivity index (χ1) is 15.9. The highest BCUT2D eigenvalue weighted by Gasteiger charge is 2.59. The molecule has 3 fully saturated rings. The molecular weight excluding hydrogens is 444 g/mol. The molecule has 0 radical (unpaired) electrons. The van der Waals surface area contributed by atoms with Crippen LogP contribution in [0.25, 0.3) is 0 Å². The van der Waals surface area contributed by atoms with Gasteiger partial charge in [0.1, 0.15) is 0 Å². The molecule has 4 aliphatic rings. The van der Waals surface area contributed by atoms with Gasteiger partial charge in [-0.3, -0.25) is 4.55 Å². The van der Waals surface area contributed by atoms with Crippen molar-refractivity contribution in [1.29, 1.82) is 0 Å². The summed E-state index contributed by atoms with van der Waals surface area (Å²) in [7, 11) is -4.38. The van der Waals surface area contributed by atoms with Gasteiger partial charge in [-0.05, 0) is 110 Å². The van der Waals surface area contributed by atoms with Crippen LogP contribution in [0.15, 0.2) is 12.2 Å². The second-order valence-corrected chi connectivity index (χ2v) is 14.5. The molecule has 0 amide bonds. The second kappa shape index (κ2) is 9.82. The van der Waals surface area contributed by atoms with Gasteiger partial charge in [0.05, 0.1) is 6.10 Å². The number of rotatable bonds is 8. The molecule has 34 heavy (non-hydrogen) atoms. The zero-order valence-electron chi connectivity index (χ0n) is 22.5. The Morgan fingerprint density at radius 3 is 2.29 bits per heavy atom. The maximum atomic E-state index is 11.3. The van der Waals surface area contributed by atoms with Gasteiger partial charge >= 0.3 is 10.4 Å². The average molecular weight is 495 g/mol. The number of fused-ring (bicyclic) bond motifs is 5. The predicted molar refractivity (Wildman–Crippen MR) is 139 cm³/mol. The van der Waals surface area contributed by atoms with Gasteiger partial charge in [0.2, 0.25) is 0 Å². The highest BCUT2D eigenvalue weighted by molar-refractivity contribution is 7.80. The summed E-state index contributed by atoms with van der Waals surface area (Å²) >= 11 is 0. The molecule has 4 nitrogen and oxygen atoms in total. The van der Waals surface area contributed by atoms with Crippen LogP contribution in [0.4, 0.5) is 0 Å². The molecule has 1 N–H and O–H groups in total. The van der Waals surface area contributed by atoms with E-state index in [-0.39, 0.29) is 5.41 Å². The van der Waals surface area contributed by atoms with Gasteiger partial charge in [-0.15, -0.1) is 0 Å². The van der Waals surface area contributed by atoms with Crippen LogP contribution in [0.3, 0.4) is 0 Å². The van der Waals surface area contributed by atoms with Gasteiger partial charge in [-0.2, -0.15) is 8.42 Å². The Morgan fingerprint density at radius 2 is 1.65 bits per heavy atom. The van der Waals surface area contributed by atoms with Crippen LogP contribution >= 0.6 is 0 Å². The first-order valence-corrected chi connectivity index (χ1v) is 15.6. The fourth-order valence-corrected chi connectivity index (χ4v) is 10.0. The maximum absolute atomic E-state index is 11.3. The third kappa shape index (κ3) is 4.92. The zero-order valence-corrected chi connectivity index (χ0v) is 23.3. The van der Waals surface area contributed by atoms with E-state index in [9.17, 15) is 8.42 Å². The Kier molecular flexibility index (Phi) is 7.70. The largest absolute Gasteiger partial charge is 0.397 e. The van der Waals surface area contributed by atoms with Crippen LogP contribution in [0.5, 0.6) is 0 Å². The predicted octanol–water partition coefficient (Wildman–Crippen LogP) is 7.71. The Morgan fingerprint density at radius 1 is 0.971 bits per heavy atom. The smallest absolute Gasteiger partial charge is 0.264 e. The van der Waals surface area contributed by atoms with Crippen molar-refractivity contribution in [1.82, 2.24) is 0 Å². The highest BCUT2D eigenvalue weighted by Crippen LogP contribution is 2.67. The van der Waals surface area contributed by atoms with Crippen LogP contribution in [0, 0.1) is 58.2 Å². The minimum absolute atomic E-state index is 0.217. The molecule has 0 bridgehead atoms. The molecule has 0 aliphatic heterocycles. The molecule has 0 aromatic rings. The van der Waals surface area contributed by atoms with E-state index in [1.165, 1.54) is 44.9 Å². The summed E-state index contributed by atoms with van der Waals surface area (Å²) in [6.45, 7) is 14.8. The van der Waals surface area contributed by atoms with Crippen LogP contribution in [-0.2, 0) is 14.6 Å². The van der Waals surface area contributed by atoms with Gasteiger partial charge < -0.3 is 0 Å². The summed E-state index contributed by atoms with van der Waals surface area (Å²) < 4.78 is 36.7. The number of hydrogen-bond donors (Lipinski definition) is 1. The SMILES string of the molecule is CCC(CCC(C)C1CCC2C3C=CC4CC(OS(=O)(=O)O)CCC4(C)C3CCC12C)C(C)C. The molecule has 0 saturated heterocycles. The first kappa shape index (κ1) is 26.7. The molecule has 0 spiro atoms. The van der Waals surface area contributed by atoms with E-state index in [4.69, 9.17) is 8.74 Å². The summed E-state index contributed by atoms with van der Waals surface area (Å²) in [5.74, 6) is 5.79. The molecule has 3 saturated carbocycles.